The largest absolute Gasteiger partial charge is 0.350 e. The van der Waals surface area contributed by atoms with E-state index in [9.17, 15) is 14.9 Å². The molecule has 0 unspecified atom stereocenters. The van der Waals surface area contributed by atoms with Crippen molar-refractivity contribution in [3.8, 4) is 0 Å². The third kappa shape index (κ3) is 4.32. The van der Waals surface area contributed by atoms with Gasteiger partial charge in [0.05, 0.1) is 4.92 Å². The molecule has 0 atom stereocenters. The summed E-state index contributed by atoms with van der Waals surface area (Å²) in [5.41, 5.74) is -0.408. The van der Waals surface area contributed by atoms with Crippen molar-refractivity contribution < 1.29 is 9.72 Å². The van der Waals surface area contributed by atoms with Gasteiger partial charge < -0.3 is 10.2 Å². The fourth-order valence-corrected chi connectivity index (χ4v) is 1.72. The van der Waals surface area contributed by atoms with Crippen LogP contribution in [0.2, 0.25) is 0 Å². The molecule has 0 saturated carbocycles. The molecule has 1 aromatic heterocycles. The molecule has 0 aliphatic heterocycles. The number of rotatable bonds is 8. The average molecular weight is 269 g/mol. The van der Waals surface area contributed by atoms with E-state index in [0.717, 1.165) is 32.3 Å². The molecule has 0 aromatic carbocycles. The maximum Gasteiger partial charge on any atom is 0.319 e. The highest BCUT2D eigenvalue weighted by atomic mass is 16.6. The minimum atomic E-state index is -0.631. The van der Waals surface area contributed by atoms with Gasteiger partial charge in [-0.15, -0.1) is 0 Å². The van der Waals surface area contributed by atoms with E-state index in [1.807, 2.05) is 0 Å². The molecule has 8 heteroatoms. The van der Waals surface area contributed by atoms with Crippen molar-refractivity contribution in [1.29, 1.82) is 0 Å². The van der Waals surface area contributed by atoms with Gasteiger partial charge in [-0.2, -0.15) is 5.10 Å². The summed E-state index contributed by atoms with van der Waals surface area (Å²) >= 11 is 0. The molecule has 0 aliphatic rings. The Hall–Kier alpha value is -1.96. The molecule has 19 heavy (non-hydrogen) atoms. The molecule has 106 valence electrons. The lowest BCUT2D eigenvalue weighted by molar-refractivity contribution is -0.385. The van der Waals surface area contributed by atoms with E-state index in [0.29, 0.717) is 6.54 Å². The molecule has 0 aliphatic carbocycles. The van der Waals surface area contributed by atoms with Crippen LogP contribution in [-0.4, -0.2) is 52.1 Å². The first-order valence-electron chi connectivity index (χ1n) is 6.28. The van der Waals surface area contributed by atoms with E-state index >= 15 is 0 Å². The van der Waals surface area contributed by atoms with Gasteiger partial charge in [0.1, 0.15) is 6.20 Å². The molecule has 1 rings (SSSR count). The molecule has 1 aromatic rings. The third-order valence-corrected chi connectivity index (χ3v) is 2.87. The van der Waals surface area contributed by atoms with Gasteiger partial charge in [0, 0.05) is 6.54 Å². The second-order valence-electron chi connectivity index (χ2n) is 4.02. The molecule has 1 heterocycles. The van der Waals surface area contributed by atoms with Crippen LogP contribution in [0.5, 0.6) is 0 Å². The predicted octanol–water partition coefficient (Wildman–Crippen LogP) is 0.780. The SMILES string of the molecule is CCN(CC)CCCNC(=O)c1[nH]ncc1[N+](=O)[O-]. The minimum absolute atomic E-state index is 0.104. The molecule has 0 radical (unpaired) electrons. The summed E-state index contributed by atoms with van der Waals surface area (Å²) in [4.78, 5) is 24.0. The Kier molecular flexibility index (Phi) is 5.94. The topological polar surface area (TPSA) is 104 Å². The number of aromatic nitrogens is 2. The maximum atomic E-state index is 11.7. The van der Waals surface area contributed by atoms with Crippen molar-refractivity contribution in [2.24, 2.45) is 0 Å². The average Bonchev–Trinajstić information content (AvgIpc) is 2.88. The van der Waals surface area contributed by atoms with E-state index in [2.05, 4.69) is 34.3 Å². The van der Waals surface area contributed by atoms with Gasteiger partial charge in [-0.1, -0.05) is 13.8 Å². The molecule has 8 nitrogen and oxygen atoms in total. The number of aromatic amines is 1. The smallest absolute Gasteiger partial charge is 0.319 e. The van der Waals surface area contributed by atoms with Crippen molar-refractivity contribution in [2.75, 3.05) is 26.2 Å². The number of carbonyl (C=O) groups excluding carboxylic acids is 1. The van der Waals surface area contributed by atoms with Crippen molar-refractivity contribution in [3.63, 3.8) is 0 Å². The van der Waals surface area contributed by atoms with Crippen LogP contribution in [0.4, 0.5) is 5.69 Å². The maximum absolute atomic E-state index is 11.7. The van der Waals surface area contributed by atoms with Crippen LogP contribution >= 0.6 is 0 Å². The Labute approximate surface area is 111 Å². The lowest BCUT2D eigenvalue weighted by Crippen LogP contribution is -2.30. The molecular weight excluding hydrogens is 250 g/mol. The monoisotopic (exact) mass is 269 g/mol. The Morgan fingerprint density at radius 1 is 1.53 bits per heavy atom. The Morgan fingerprint density at radius 3 is 2.79 bits per heavy atom. The summed E-state index contributed by atoms with van der Waals surface area (Å²) in [5, 5.41) is 19.1. The van der Waals surface area contributed by atoms with Crippen LogP contribution in [0.3, 0.4) is 0 Å². The van der Waals surface area contributed by atoms with Crippen molar-refractivity contribution in [2.45, 2.75) is 20.3 Å². The standard InChI is InChI=1S/C11H19N5O3/c1-3-15(4-2)7-5-6-12-11(17)10-9(16(18)19)8-13-14-10/h8H,3-7H2,1-2H3,(H,12,17)(H,13,14). The second kappa shape index (κ2) is 7.47. The Morgan fingerprint density at radius 2 is 2.21 bits per heavy atom. The lowest BCUT2D eigenvalue weighted by atomic mass is 10.3. The number of H-pyrrole nitrogens is 1. The molecular formula is C11H19N5O3. The van der Waals surface area contributed by atoms with Gasteiger partial charge in [0.25, 0.3) is 5.91 Å². The van der Waals surface area contributed by atoms with Crippen LogP contribution in [-0.2, 0) is 0 Å². The molecule has 0 spiro atoms. The first-order valence-corrected chi connectivity index (χ1v) is 6.28. The number of amides is 1. The van der Waals surface area contributed by atoms with Gasteiger partial charge >= 0.3 is 5.69 Å². The zero-order valence-electron chi connectivity index (χ0n) is 11.2. The highest BCUT2D eigenvalue weighted by molar-refractivity contribution is 5.95. The van der Waals surface area contributed by atoms with Crippen molar-refractivity contribution in [3.05, 3.63) is 22.0 Å². The number of nitrogens with zero attached hydrogens (tertiary/aromatic N) is 3. The van der Waals surface area contributed by atoms with Gasteiger partial charge in [-0.3, -0.25) is 20.0 Å². The Bertz CT molecular complexity index is 428. The van der Waals surface area contributed by atoms with Gasteiger partial charge in [0.2, 0.25) is 5.69 Å². The van der Waals surface area contributed by atoms with E-state index in [1.54, 1.807) is 0 Å². The molecule has 0 fully saturated rings. The predicted molar refractivity (Wildman–Crippen MR) is 70.0 cm³/mol. The molecule has 2 N–H and O–H groups in total. The number of hydrogen-bond acceptors (Lipinski definition) is 5. The summed E-state index contributed by atoms with van der Waals surface area (Å²) < 4.78 is 0. The third-order valence-electron chi connectivity index (χ3n) is 2.87. The van der Waals surface area contributed by atoms with E-state index < -0.39 is 10.8 Å². The second-order valence-corrected chi connectivity index (χ2v) is 4.02. The van der Waals surface area contributed by atoms with Crippen molar-refractivity contribution >= 4 is 11.6 Å². The lowest BCUT2D eigenvalue weighted by Gasteiger charge is -2.17. The van der Waals surface area contributed by atoms with Gasteiger partial charge in [-0.25, -0.2) is 0 Å². The molecule has 0 saturated heterocycles. The minimum Gasteiger partial charge on any atom is -0.350 e. The fraction of sp³-hybridized carbons (Fsp3) is 0.636. The number of nitrogens with one attached hydrogen (secondary N) is 2. The Balaban J connectivity index is 2.39. The number of nitro groups is 1. The zero-order valence-corrected chi connectivity index (χ0v) is 11.2. The van der Waals surface area contributed by atoms with Gasteiger partial charge in [-0.05, 0) is 26.1 Å². The zero-order chi connectivity index (χ0) is 14.3. The van der Waals surface area contributed by atoms with Gasteiger partial charge in [0.15, 0.2) is 0 Å². The summed E-state index contributed by atoms with van der Waals surface area (Å²) in [6.45, 7) is 7.46. The van der Waals surface area contributed by atoms with E-state index in [1.165, 1.54) is 0 Å². The van der Waals surface area contributed by atoms with Crippen LogP contribution in [0.15, 0.2) is 6.20 Å². The number of hydrogen-bond donors (Lipinski definition) is 2. The summed E-state index contributed by atoms with van der Waals surface area (Å²) in [5.74, 6) is -0.497. The normalized spacial score (nSPS) is 10.7. The van der Waals surface area contributed by atoms with Crippen LogP contribution in [0.25, 0.3) is 0 Å². The van der Waals surface area contributed by atoms with Crippen LogP contribution < -0.4 is 5.32 Å². The first kappa shape index (κ1) is 15.1. The van der Waals surface area contributed by atoms with Crippen molar-refractivity contribution in [1.82, 2.24) is 20.4 Å². The fourth-order valence-electron chi connectivity index (χ4n) is 1.72. The summed E-state index contributed by atoms with van der Waals surface area (Å²) in [6.07, 6.45) is 1.83. The molecule has 1 amide bonds. The summed E-state index contributed by atoms with van der Waals surface area (Å²) in [7, 11) is 0. The van der Waals surface area contributed by atoms with Crippen LogP contribution in [0.1, 0.15) is 30.8 Å². The highest BCUT2D eigenvalue weighted by Gasteiger charge is 2.22. The molecule has 0 bridgehead atoms. The van der Waals surface area contributed by atoms with E-state index in [4.69, 9.17) is 0 Å². The van der Waals surface area contributed by atoms with E-state index in [-0.39, 0.29) is 11.4 Å². The first-order chi connectivity index (χ1) is 9.10. The highest BCUT2D eigenvalue weighted by Crippen LogP contribution is 2.13. The number of carbonyl (C=O) groups is 1. The summed E-state index contributed by atoms with van der Waals surface area (Å²) in [6, 6.07) is 0. The quantitative estimate of drug-likeness (QED) is 0.412. The van der Waals surface area contributed by atoms with Crippen LogP contribution in [0, 0.1) is 10.1 Å².